The molecule has 3 aromatic rings. The lowest BCUT2D eigenvalue weighted by Gasteiger charge is -2.06. The van der Waals surface area contributed by atoms with Crippen LogP contribution in [0.15, 0.2) is 47.4 Å². The fraction of sp³-hybridized carbons (Fsp3) is 0.158. The number of benzene rings is 2. The highest BCUT2D eigenvalue weighted by Crippen LogP contribution is 2.34. The Kier molecular flexibility index (Phi) is 5.22. The minimum atomic E-state index is -3.85. The van der Waals surface area contributed by atoms with Gasteiger partial charge in [0.2, 0.25) is 6.79 Å². The van der Waals surface area contributed by atoms with Gasteiger partial charge < -0.3 is 19.5 Å². The number of methoxy groups -OCH3 is 1. The predicted octanol–water partition coefficient (Wildman–Crippen LogP) is 3.24. The van der Waals surface area contributed by atoms with Crippen LogP contribution >= 0.6 is 11.3 Å². The second-order valence-electron chi connectivity index (χ2n) is 6.24. The highest BCUT2D eigenvalue weighted by molar-refractivity contribution is 7.93. The molecule has 0 fully saturated rings. The highest BCUT2D eigenvalue weighted by atomic mass is 32.2. The fourth-order valence-electron chi connectivity index (χ4n) is 2.74. The molecule has 1 aliphatic heterocycles. The van der Waals surface area contributed by atoms with E-state index in [1.54, 1.807) is 37.3 Å². The number of ether oxygens (including phenoxy) is 3. The van der Waals surface area contributed by atoms with Crippen LogP contribution in [0, 0.1) is 6.92 Å². The monoisotopic (exact) mass is 447 g/mol. The van der Waals surface area contributed by atoms with Gasteiger partial charge in [0.05, 0.1) is 17.7 Å². The van der Waals surface area contributed by atoms with Crippen molar-refractivity contribution in [3.8, 4) is 17.2 Å². The number of aromatic nitrogens is 1. The number of aryl methyl sites for hydroxylation is 1. The van der Waals surface area contributed by atoms with Crippen LogP contribution in [-0.4, -0.2) is 33.2 Å². The molecule has 2 aromatic carbocycles. The molecule has 156 valence electrons. The van der Waals surface area contributed by atoms with Crippen molar-refractivity contribution in [1.29, 1.82) is 0 Å². The molecule has 1 aromatic heterocycles. The normalized spacial score (nSPS) is 12.5. The molecule has 0 unspecified atom stereocenters. The maximum Gasteiger partial charge on any atom is 0.267 e. The van der Waals surface area contributed by atoms with Crippen molar-refractivity contribution in [2.45, 2.75) is 11.8 Å². The Hall–Kier alpha value is -3.31. The summed E-state index contributed by atoms with van der Waals surface area (Å²) < 4.78 is 43.1. The number of thiazole rings is 1. The molecule has 0 radical (unpaired) electrons. The number of carbonyl (C=O) groups excluding carboxylic acids is 1. The zero-order valence-electron chi connectivity index (χ0n) is 16.0. The van der Waals surface area contributed by atoms with Gasteiger partial charge in [-0.3, -0.25) is 9.52 Å². The molecule has 30 heavy (non-hydrogen) atoms. The summed E-state index contributed by atoms with van der Waals surface area (Å²) >= 11 is 0.947. The van der Waals surface area contributed by atoms with Gasteiger partial charge in [0.25, 0.3) is 15.9 Å². The standard InChI is InChI=1S/C19H17N3O6S2/c1-11-17(18(23)21-12-3-8-15-16(9-12)28-10-27-15)29-19(20-11)22-30(24,25)14-6-4-13(26-2)5-7-14/h3-9H,10H2,1-2H3,(H,20,22)(H,21,23). The van der Waals surface area contributed by atoms with Gasteiger partial charge >= 0.3 is 0 Å². The van der Waals surface area contributed by atoms with E-state index >= 15 is 0 Å². The molecule has 0 saturated heterocycles. The first-order chi connectivity index (χ1) is 14.4. The van der Waals surface area contributed by atoms with Crippen molar-refractivity contribution in [2.75, 3.05) is 23.9 Å². The summed E-state index contributed by atoms with van der Waals surface area (Å²) in [6.07, 6.45) is 0. The van der Waals surface area contributed by atoms with Crippen molar-refractivity contribution in [3.63, 3.8) is 0 Å². The molecule has 0 saturated carbocycles. The fourth-order valence-corrected chi connectivity index (χ4v) is 4.84. The van der Waals surface area contributed by atoms with Crippen molar-refractivity contribution in [1.82, 2.24) is 4.98 Å². The number of nitrogens with one attached hydrogen (secondary N) is 2. The summed E-state index contributed by atoms with van der Waals surface area (Å²) in [5, 5.41) is 2.85. The summed E-state index contributed by atoms with van der Waals surface area (Å²) in [7, 11) is -2.36. The lowest BCUT2D eigenvalue weighted by molar-refractivity contribution is 0.103. The average Bonchev–Trinajstić information content (AvgIpc) is 3.33. The Morgan fingerprint density at radius 3 is 2.60 bits per heavy atom. The van der Waals surface area contributed by atoms with E-state index in [4.69, 9.17) is 14.2 Å². The second-order valence-corrected chi connectivity index (χ2v) is 8.92. The summed E-state index contributed by atoms with van der Waals surface area (Å²) in [5.41, 5.74) is 0.933. The minimum absolute atomic E-state index is 0.0579. The first kappa shape index (κ1) is 20.0. The number of anilines is 2. The van der Waals surface area contributed by atoms with Gasteiger partial charge in [0.15, 0.2) is 16.6 Å². The summed E-state index contributed by atoms with van der Waals surface area (Å²) in [4.78, 5) is 17.2. The Balaban J connectivity index is 1.50. The van der Waals surface area contributed by atoms with Gasteiger partial charge in [-0.2, -0.15) is 0 Å². The van der Waals surface area contributed by atoms with Crippen LogP contribution in [0.2, 0.25) is 0 Å². The zero-order chi connectivity index (χ0) is 21.3. The number of sulfonamides is 1. The van der Waals surface area contributed by atoms with Crippen LogP contribution in [0.5, 0.6) is 17.2 Å². The molecule has 9 nitrogen and oxygen atoms in total. The van der Waals surface area contributed by atoms with Crippen molar-refractivity contribution in [2.24, 2.45) is 0 Å². The highest BCUT2D eigenvalue weighted by Gasteiger charge is 2.21. The molecule has 0 atom stereocenters. The molecule has 11 heteroatoms. The van der Waals surface area contributed by atoms with E-state index in [1.807, 2.05) is 0 Å². The maximum atomic E-state index is 12.7. The van der Waals surface area contributed by atoms with E-state index in [9.17, 15) is 13.2 Å². The van der Waals surface area contributed by atoms with E-state index in [1.165, 1.54) is 19.2 Å². The quantitative estimate of drug-likeness (QED) is 0.596. The average molecular weight is 447 g/mol. The second kappa shape index (κ2) is 7.84. The van der Waals surface area contributed by atoms with E-state index in [0.717, 1.165) is 11.3 Å². The molecule has 0 bridgehead atoms. The van der Waals surface area contributed by atoms with Crippen molar-refractivity contribution >= 4 is 38.1 Å². The number of rotatable bonds is 6. The maximum absolute atomic E-state index is 12.7. The molecule has 1 amide bonds. The third-order valence-corrected chi connectivity index (χ3v) is 6.78. The Bertz CT molecular complexity index is 1210. The molecule has 2 heterocycles. The summed E-state index contributed by atoms with van der Waals surface area (Å²) in [5.74, 6) is 1.29. The van der Waals surface area contributed by atoms with Gasteiger partial charge in [-0.05, 0) is 43.3 Å². The van der Waals surface area contributed by atoms with Crippen LogP contribution in [0.4, 0.5) is 10.8 Å². The molecule has 0 spiro atoms. The number of amides is 1. The van der Waals surface area contributed by atoms with Crippen molar-refractivity contribution < 1.29 is 27.4 Å². The lowest BCUT2D eigenvalue weighted by atomic mass is 10.2. The number of carbonyl (C=O) groups is 1. The minimum Gasteiger partial charge on any atom is -0.497 e. The van der Waals surface area contributed by atoms with Crippen molar-refractivity contribution in [3.05, 3.63) is 53.0 Å². The number of hydrogen-bond donors (Lipinski definition) is 2. The topological polar surface area (TPSA) is 116 Å². The van der Waals surface area contributed by atoms with Crippen LogP contribution < -0.4 is 24.2 Å². The number of fused-ring (bicyclic) bond motifs is 1. The van der Waals surface area contributed by atoms with E-state index < -0.39 is 15.9 Å². The van der Waals surface area contributed by atoms with E-state index in [-0.39, 0.29) is 16.8 Å². The van der Waals surface area contributed by atoms with Crippen LogP contribution in [0.25, 0.3) is 0 Å². The first-order valence-electron chi connectivity index (χ1n) is 8.71. The molecule has 1 aliphatic rings. The van der Waals surface area contributed by atoms with Crippen LogP contribution in [0.1, 0.15) is 15.4 Å². The largest absolute Gasteiger partial charge is 0.497 e. The molecule has 0 aliphatic carbocycles. The molecule has 2 N–H and O–H groups in total. The van der Waals surface area contributed by atoms with Gasteiger partial charge in [-0.25, -0.2) is 13.4 Å². The molecular formula is C19H17N3O6S2. The number of hydrogen-bond acceptors (Lipinski definition) is 8. The number of nitrogens with zero attached hydrogens (tertiary/aromatic N) is 1. The third-order valence-electron chi connectivity index (χ3n) is 4.22. The third kappa shape index (κ3) is 4.02. The van der Waals surface area contributed by atoms with Crippen LogP contribution in [-0.2, 0) is 10.0 Å². The SMILES string of the molecule is COc1ccc(S(=O)(=O)Nc2nc(C)c(C(=O)Nc3ccc4c(c3)OCO4)s2)cc1. The smallest absolute Gasteiger partial charge is 0.267 e. The molecule has 4 rings (SSSR count). The summed E-state index contributed by atoms with van der Waals surface area (Å²) in [6, 6.07) is 11.0. The Morgan fingerprint density at radius 2 is 1.87 bits per heavy atom. The lowest BCUT2D eigenvalue weighted by Crippen LogP contribution is -2.12. The Morgan fingerprint density at radius 1 is 1.13 bits per heavy atom. The van der Waals surface area contributed by atoms with E-state index in [0.29, 0.717) is 33.5 Å². The first-order valence-corrected chi connectivity index (χ1v) is 11.0. The van der Waals surface area contributed by atoms with Crippen LogP contribution in [0.3, 0.4) is 0 Å². The zero-order valence-corrected chi connectivity index (χ0v) is 17.6. The molecular weight excluding hydrogens is 430 g/mol. The van der Waals surface area contributed by atoms with E-state index in [2.05, 4.69) is 15.0 Å². The van der Waals surface area contributed by atoms with Gasteiger partial charge in [-0.15, -0.1) is 0 Å². The summed E-state index contributed by atoms with van der Waals surface area (Å²) in [6.45, 7) is 1.77. The van der Waals surface area contributed by atoms with Gasteiger partial charge in [0, 0.05) is 11.8 Å². The Labute approximate surface area is 176 Å². The van der Waals surface area contributed by atoms with Gasteiger partial charge in [-0.1, -0.05) is 11.3 Å². The predicted molar refractivity (Wildman–Crippen MR) is 111 cm³/mol. The van der Waals surface area contributed by atoms with Gasteiger partial charge in [0.1, 0.15) is 10.6 Å².